The monoisotopic (exact) mass is 310 g/mol. The van der Waals surface area contributed by atoms with Gasteiger partial charge in [-0.15, -0.1) is 0 Å². The van der Waals surface area contributed by atoms with Crippen molar-refractivity contribution in [3.05, 3.63) is 0 Å². The number of likely N-dealkylation sites (tertiary alicyclic amines) is 1. The maximum absolute atomic E-state index is 13.0. The summed E-state index contributed by atoms with van der Waals surface area (Å²) in [7, 11) is 0. The molecule has 0 aromatic carbocycles. The molecule has 0 aromatic heterocycles. The van der Waals surface area contributed by atoms with Crippen molar-refractivity contribution in [2.45, 2.75) is 63.7 Å². The molecule has 1 spiro atoms. The third-order valence-corrected chi connectivity index (χ3v) is 5.45. The van der Waals surface area contributed by atoms with Crippen molar-refractivity contribution >= 4 is 12.0 Å². The molecule has 1 aliphatic carbocycles. The van der Waals surface area contributed by atoms with E-state index in [4.69, 9.17) is 4.74 Å². The van der Waals surface area contributed by atoms with Gasteiger partial charge in [-0.2, -0.15) is 0 Å². The standard InChI is InChI=1S/C16H26N2O4/c1-11-9-17(10-12(2)22-11)15(21)18-7-4-13(14(19)20)8-16(18)5-3-6-16/h11-13H,3-10H2,1-2H3,(H,19,20)/t11-,12+,13?. The minimum absolute atomic E-state index is 0.0570. The second-order valence-corrected chi connectivity index (χ2v) is 7.20. The fourth-order valence-electron chi connectivity index (χ4n) is 4.27. The topological polar surface area (TPSA) is 70.1 Å². The van der Waals surface area contributed by atoms with Gasteiger partial charge in [-0.25, -0.2) is 4.79 Å². The Bertz CT molecular complexity index is 453. The molecule has 0 radical (unpaired) electrons. The van der Waals surface area contributed by atoms with Crippen LogP contribution in [-0.2, 0) is 9.53 Å². The Balaban J connectivity index is 1.73. The van der Waals surface area contributed by atoms with Gasteiger partial charge in [0.25, 0.3) is 0 Å². The average Bonchev–Trinajstić information content (AvgIpc) is 2.43. The zero-order valence-corrected chi connectivity index (χ0v) is 13.5. The summed E-state index contributed by atoms with van der Waals surface area (Å²) in [5.41, 5.74) is -0.205. The first kappa shape index (κ1) is 15.6. The molecule has 2 heterocycles. The minimum Gasteiger partial charge on any atom is -0.481 e. The molecule has 1 unspecified atom stereocenters. The van der Waals surface area contributed by atoms with Gasteiger partial charge in [0.05, 0.1) is 18.1 Å². The highest BCUT2D eigenvalue weighted by Crippen LogP contribution is 2.46. The fourth-order valence-corrected chi connectivity index (χ4v) is 4.27. The van der Waals surface area contributed by atoms with Crippen LogP contribution in [0.25, 0.3) is 0 Å². The van der Waals surface area contributed by atoms with E-state index in [1.165, 1.54) is 0 Å². The summed E-state index contributed by atoms with van der Waals surface area (Å²) < 4.78 is 5.70. The van der Waals surface area contributed by atoms with Crippen LogP contribution < -0.4 is 0 Å². The van der Waals surface area contributed by atoms with Gasteiger partial charge in [-0.1, -0.05) is 0 Å². The van der Waals surface area contributed by atoms with E-state index in [2.05, 4.69) is 0 Å². The number of piperidine rings is 1. The molecule has 1 N–H and O–H groups in total. The zero-order valence-electron chi connectivity index (χ0n) is 13.5. The van der Waals surface area contributed by atoms with Crippen molar-refractivity contribution < 1.29 is 19.4 Å². The van der Waals surface area contributed by atoms with E-state index < -0.39 is 5.97 Å². The number of urea groups is 1. The van der Waals surface area contributed by atoms with Crippen LogP contribution in [0, 0.1) is 5.92 Å². The number of hydrogen-bond acceptors (Lipinski definition) is 3. The molecule has 2 amide bonds. The first-order valence-corrected chi connectivity index (χ1v) is 8.36. The van der Waals surface area contributed by atoms with Gasteiger partial charge in [0.2, 0.25) is 0 Å². The SMILES string of the molecule is C[C@@H]1CN(C(=O)N2CCC(C(=O)O)CC23CCC3)C[C@H](C)O1. The Kier molecular flexibility index (Phi) is 4.05. The molecular formula is C16H26N2O4. The lowest BCUT2D eigenvalue weighted by Crippen LogP contribution is -2.65. The van der Waals surface area contributed by atoms with Crippen LogP contribution in [0.15, 0.2) is 0 Å². The Morgan fingerprint density at radius 2 is 1.82 bits per heavy atom. The number of carboxylic acids is 1. The van der Waals surface area contributed by atoms with Gasteiger partial charge in [0, 0.05) is 25.2 Å². The van der Waals surface area contributed by atoms with Crippen LogP contribution in [0.4, 0.5) is 4.79 Å². The van der Waals surface area contributed by atoms with Gasteiger partial charge in [-0.05, 0) is 46.0 Å². The second-order valence-electron chi connectivity index (χ2n) is 7.20. The molecule has 3 aliphatic rings. The zero-order chi connectivity index (χ0) is 15.9. The second kappa shape index (κ2) is 5.72. The van der Waals surface area contributed by atoms with Crippen molar-refractivity contribution in [2.75, 3.05) is 19.6 Å². The summed E-state index contributed by atoms with van der Waals surface area (Å²) in [6.07, 6.45) is 4.27. The van der Waals surface area contributed by atoms with Gasteiger partial charge >= 0.3 is 12.0 Å². The Labute approximate surface area is 131 Å². The number of hydrogen-bond donors (Lipinski definition) is 1. The average molecular weight is 310 g/mol. The maximum Gasteiger partial charge on any atom is 0.320 e. The Morgan fingerprint density at radius 3 is 2.32 bits per heavy atom. The molecule has 2 aliphatic heterocycles. The Morgan fingerprint density at radius 1 is 1.18 bits per heavy atom. The smallest absolute Gasteiger partial charge is 0.320 e. The van der Waals surface area contributed by atoms with Crippen molar-refractivity contribution in [2.24, 2.45) is 5.92 Å². The van der Waals surface area contributed by atoms with Gasteiger partial charge in [0.1, 0.15) is 0 Å². The number of rotatable bonds is 1. The number of amides is 2. The predicted molar refractivity (Wildman–Crippen MR) is 80.6 cm³/mol. The summed E-state index contributed by atoms with van der Waals surface area (Å²) >= 11 is 0. The fraction of sp³-hybridized carbons (Fsp3) is 0.875. The number of aliphatic carboxylic acids is 1. The number of ether oxygens (including phenoxy) is 1. The molecule has 0 aromatic rings. The Hall–Kier alpha value is -1.30. The van der Waals surface area contributed by atoms with Crippen LogP contribution in [0.5, 0.6) is 0 Å². The van der Waals surface area contributed by atoms with E-state index in [0.717, 1.165) is 19.3 Å². The number of carbonyl (C=O) groups is 2. The largest absolute Gasteiger partial charge is 0.481 e. The van der Waals surface area contributed by atoms with Crippen molar-refractivity contribution in [1.29, 1.82) is 0 Å². The summed E-state index contributed by atoms with van der Waals surface area (Å²) in [5.74, 6) is -1.01. The molecule has 6 nitrogen and oxygen atoms in total. The van der Waals surface area contributed by atoms with E-state index in [0.29, 0.717) is 32.5 Å². The summed E-state index contributed by atoms with van der Waals surface area (Å²) in [4.78, 5) is 28.2. The van der Waals surface area contributed by atoms with E-state index in [-0.39, 0.29) is 29.7 Å². The quantitative estimate of drug-likeness (QED) is 0.803. The highest BCUT2D eigenvalue weighted by atomic mass is 16.5. The van der Waals surface area contributed by atoms with E-state index in [1.807, 2.05) is 23.6 Å². The molecule has 3 fully saturated rings. The minimum atomic E-state index is -0.716. The molecule has 3 atom stereocenters. The van der Waals surface area contributed by atoms with Crippen LogP contribution in [0.2, 0.25) is 0 Å². The summed E-state index contributed by atoms with van der Waals surface area (Å²) in [6.45, 7) is 5.80. The lowest BCUT2D eigenvalue weighted by atomic mass is 9.67. The lowest BCUT2D eigenvalue weighted by Gasteiger charge is -2.55. The third-order valence-electron chi connectivity index (χ3n) is 5.45. The van der Waals surface area contributed by atoms with Crippen LogP contribution >= 0.6 is 0 Å². The van der Waals surface area contributed by atoms with E-state index in [9.17, 15) is 14.7 Å². The molecule has 124 valence electrons. The molecule has 1 saturated carbocycles. The van der Waals surface area contributed by atoms with Crippen LogP contribution in [0.1, 0.15) is 46.0 Å². The predicted octanol–water partition coefficient (Wildman–Crippen LogP) is 1.93. The third kappa shape index (κ3) is 2.69. The maximum atomic E-state index is 13.0. The first-order valence-electron chi connectivity index (χ1n) is 8.36. The van der Waals surface area contributed by atoms with Gasteiger partial charge in [-0.3, -0.25) is 4.79 Å². The highest BCUT2D eigenvalue weighted by molar-refractivity contribution is 5.77. The van der Waals surface area contributed by atoms with Crippen LogP contribution in [-0.4, -0.2) is 64.3 Å². The molecule has 6 heteroatoms. The molecule has 2 saturated heterocycles. The molecule has 3 rings (SSSR count). The van der Waals surface area contributed by atoms with Gasteiger partial charge < -0.3 is 19.6 Å². The number of morpholine rings is 1. The van der Waals surface area contributed by atoms with E-state index in [1.54, 1.807) is 0 Å². The summed E-state index contributed by atoms with van der Waals surface area (Å²) in [6, 6.07) is 0.0746. The lowest BCUT2D eigenvalue weighted by molar-refractivity contribution is -0.147. The molecule has 22 heavy (non-hydrogen) atoms. The molecular weight excluding hydrogens is 284 g/mol. The van der Waals surface area contributed by atoms with Crippen molar-refractivity contribution in [3.8, 4) is 0 Å². The number of nitrogens with zero attached hydrogens (tertiary/aromatic N) is 2. The van der Waals surface area contributed by atoms with Crippen molar-refractivity contribution in [3.63, 3.8) is 0 Å². The van der Waals surface area contributed by atoms with E-state index >= 15 is 0 Å². The normalized spacial score (nSPS) is 34.4. The van der Waals surface area contributed by atoms with Crippen LogP contribution in [0.3, 0.4) is 0 Å². The van der Waals surface area contributed by atoms with Crippen molar-refractivity contribution in [1.82, 2.24) is 9.80 Å². The molecule has 0 bridgehead atoms. The number of carboxylic acid groups (broad SMARTS) is 1. The highest BCUT2D eigenvalue weighted by Gasteiger charge is 2.51. The first-order chi connectivity index (χ1) is 10.4. The summed E-state index contributed by atoms with van der Waals surface area (Å²) in [5, 5.41) is 9.30. The van der Waals surface area contributed by atoms with Gasteiger partial charge in [0.15, 0.2) is 0 Å². The number of carbonyl (C=O) groups excluding carboxylic acids is 1.